The molecule has 4 rings (SSSR count). The number of hydrogen-bond donors (Lipinski definition) is 0. The summed E-state index contributed by atoms with van der Waals surface area (Å²) in [5.74, 6) is 2.20. The number of hydrogen-bond acceptors (Lipinski definition) is 4. The number of rotatable bonds is 10. The second kappa shape index (κ2) is 13.1. The lowest BCUT2D eigenvalue weighted by atomic mass is 10.0. The fourth-order valence-electron chi connectivity index (χ4n) is 3.85. The Labute approximate surface area is 216 Å². The van der Waals surface area contributed by atoms with Crippen LogP contribution in [0.1, 0.15) is 35.6 Å². The highest BCUT2D eigenvalue weighted by molar-refractivity contribution is 8.17. The summed E-state index contributed by atoms with van der Waals surface area (Å²) >= 11 is 16.3. The number of ether oxygens (including phenoxy) is 1. The van der Waals surface area contributed by atoms with Crippen molar-refractivity contribution in [2.45, 2.75) is 29.9 Å². The maximum absolute atomic E-state index is 6.41. The van der Waals surface area contributed by atoms with Crippen LogP contribution in [0.3, 0.4) is 0 Å². The fraction of sp³-hybridized carbons (Fsp3) is 0.333. The zero-order chi connectivity index (χ0) is 22.9. The minimum atomic E-state index is -0.118. The molecule has 0 aliphatic carbocycles. The van der Waals surface area contributed by atoms with Gasteiger partial charge in [0.1, 0.15) is 6.10 Å². The minimum Gasteiger partial charge on any atom is -0.369 e. The predicted octanol–water partition coefficient (Wildman–Crippen LogP) is 8.15. The Balaban J connectivity index is 1.22. The summed E-state index contributed by atoms with van der Waals surface area (Å²) in [6.07, 6.45) is 3.28. The maximum atomic E-state index is 6.41. The lowest BCUT2D eigenvalue weighted by Gasteiger charge is -2.31. The normalized spacial score (nSPS) is 15.2. The first-order valence-electron chi connectivity index (χ1n) is 11.3. The topological polar surface area (TPSA) is 12.5 Å². The monoisotopic (exact) mass is 517 g/mol. The van der Waals surface area contributed by atoms with Crippen LogP contribution >= 0.6 is 46.7 Å². The number of benzene rings is 3. The Morgan fingerprint density at radius 2 is 1.39 bits per heavy atom. The third kappa shape index (κ3) is 7.95. The molecule has 33 heavy (non-hydrogen) atoms. The van der Waals surface area contributed by atoms with Crippen LogP contribution in [0.2, 0.25) is 10.0 Å². The molecule has 174 valence electrons. The zero-order valence-electron chi connectivity index (χ0n) is 18.5. The van der Waals surface area contributed by atoms with Crippen molar-refractivity contribution in [3.05, 3.63) is 106 Å². The number of thioether (sulfide) groups is 2. The molecule has 0 spiro atoms. The molecular formula is C27H29Cl2NOS2. The Bertz CT molecular complexity index is 916. The fourth-order valence-corrected chi connectivity index (χ4v) is 6.69. The van der Waals surface area contributed by atoms with Crippen molar-refractivity contribution in [2.75, 3.05) is 24.9 Å². The van der Waals surface area contributed by atoms with E-state index in [4.69, 9.17) is 27.9 Å². The van der Waals surface area contributed by atoms with Crippen molar-refractivity contribution in [1.29, 1.82) is 0 Å². The van der Waals surface area contributed by atoms with Gasteiger partial charge in [0.25, 0.3) is 0 Å². The van der Waals surface area contributed by atoms with E-state index in [0.717, 1.165) is 52.3 Å². The van der Waals surface area contributed by atoms with Crippen molar-refractivity contribution in [1.82, 2.24) is 4.90 Å². The van der Waals surface area contributed by atoms with E-state index in [2.05, 4.69) is 35.2 Å². The second-order valence-electron chi connectivity index (χ2n) is 8.15. The maximum Gasteiger partial charge on any atom is 0.108 e. The molecule has 0 aromatic heterocycles. The molecule has 1 aliphatic heterocycles. The van der Waals surface area contributed by atoms with Crippen LogP contribution in [-0.4, -0.2) is 34.4 Å². The first-order valence-corrected chi connectivity index (χ1v) is 14.1. The lowest BCUT2D eigenvalue weighted by Crippen LogP contribution is -2.30. The molecule has 0 radical (unpaired) electrons. The highest BCUT2D eigenvalue weighted by Crippen LogP contribution is 2.35. The van der Waals surface area contributed by atoms with Crippen LogP contribution in [0, 0.1) is 0 Å². The SMILES string of the molecule is Clc1ccc(C(OCCC2SCN(CCCc3ccccc3)CS2)c2ccc(Cl)cc2)cc1. The Kier molecular flexibility index (Phi) is 9.90. The number of nitrogens with zero attached hydrogens (tertiary/aromatic N) is 1. The molecule has 3 aromatic rings. The summed E-state index contributed by atoms with van der Waals surface area (Å²) in [4.78, 5) is 2.56. The molecule has 3 aromatic carbocycles. The van der Waals surface area contributed by atoms with Crippen LogP contribution in [0.5, 0.6) is 0 Å². The highest BCUT2D eigenvalue weighted by Gasteiger charge is 2.21. The smallest absolute Gasteiger partial charge is 0.108 e. The average Bonchev–Trinajstić information content (AvgIpc) is 2.85. The molecule has 0 saturated carbocycles. The molecule has 2 nitrogen and oxygen atoms in total. The van der Waals surface area contributed by atoms with Gasteiger partial charge in [0.15, 0.2) is 0 Å². The van der Waals surface area contributed by atoms with Crippen molar-refractivity contribution < 1.29 is 4.74 Å². The van der Waals surface area contributed by atoms with E-state index in [1.807, 2.05) is 72.1 Å². The molecule has 1 fully saturated rings. The van der Waals surface area contributed by atoms with Gasteiger partial charge in [0.2, 0.25) is 0 Å². The summed E-state index contributed by atoms with van der Waals surface area (Å²) in [5, 5.41) is 1.47. The second-order valence-corrected chi connectivity index (χ2v) is 11.6. The van der Waals surface area contributed by atoms with Gasteiger partial charge in [-0.3, -0.25) is 4.90 Å². The molecule has 1 saturated heterocycles. The first kappa shape index (κ1) is 25.0. The van der Waals surface area contributed by atoms with E-state index in [1.165, 1.54) is 12.0 Å². The van der Waals surface area contributed by atoms with Crippen LogP contribution in [0.4, 0.5) is 0 Å². The van der Waals surface area contributed by atoms with Crippen LogP contribution in [-0.2, 0) is 11.2 Å². The van der Waals surface area contributed by atoms with Gasteiger partial charge in [-0.25, -0.2) is 0 Å². The molecule has 1 heterocycles. The van der Waals surface area contributed by atoms with E-state index >= 15 is 0 Å². The van der Waals surface area contributed by atoms with Crippen LogP contribution < -0.4 is 0 Å². The van der Waals surface area contributed by atoms with E-state index in [1.54, 1.807) is 0 Å². The molecule has 0 unspecified atom stereocenters. The third-order valence-electron chi connectivity index (χ3n) is 5.65. The Morgan fingerprint density at radius 1 is 0.818 bits per heavy atom. The van der Waals surface area contributed by atoms with Gasteiger partial charge < -0.3 is 4.74 Å². The minimum absolute atomic E-state index is 0.118. The molecule has 6 heteroatoms. The molecule has 0 N–H and O–H groups in total. The summed E-state index contributed by atoms with van der Waals surface area (Å²) in [6, 6.07) is 26.6. The lowest BCUT2D eigenvalue weighted by molar-refractivity contribution is 0.0802. The van der Waals surface area contributed by atoms with E-state index in [-0.39, 0.29) is 6.10 Å². The average molecular weight is 519 g/mol. The molecule has 0 amide bonds. The van der Waals surface area contributed by atoms with Crippen molar-refractivity contribution in [3.63, 3.8) is 0 Å². The standard InChI is InChI=1S/C27H29Cl2NOS2/c28-24-12-8-22(9-13-24)27(23-10-14-25(29)15-11-23)31-18-16-26-32-19-30(20-33-26)17-4-7-21-5-2-1-3-6-21/h1-3,5-6,8-15,26-27H,4,7,16-20H2. The molecule has 0 bridgehead atoms. The summed E-state index contributed by atoms with van der Waals surface area (Å²) in [7, 11) is 0. The van der Waals surface area contributed by atoms with Gasteiger partial charge >= 0.3 is 0 Å². The largest absolute Gasteiger partial charge is 0.369 e. The zero-order valence-corrected chi connectivity index (χ0v) is 21.7. The van der Waals surface area contributed by atoms with Crippen LogP contribution in [0.25, 0.3) is 0 Å². The number of halogens is 2. The van der Waals surface area contributed by atoms with E-state index < -0.39 is 0 Å². The van der Waals surface area contributed by atoms with Gasteiger partial charge in [-0.2, -0.15) is 0 Å². The third-order valence-corrected chi connectivity index (χ3v) is 9.22. The Morgan fingerprint density at radius 3 is 1.97 bits per heavy atom. The van der Waals surface area contributed by atoms with Gasteiger partial charge in [0, 0.05) is 35.0 Å². The quantitative estimate of drug-likeness (QED) is 0.268. The summed E-state index contributed by atoms with van der Waals surface area (Å²) in [5.41, 5.74) is 3.64. The molecule has 0 atom stereocenters. The Hall–Kier alpha value is -1.14. The van der Waals surface area contributed by atoms with Gasteiger partial charge in [0.05, 0.1) is 4.58 Å². The van der Waals surface area contributed by atoms with Crippen molar-refractivity contribution >= 4 is 46.7 Å². The predicted molar refractivity (Wildman–Crippen MR) is 145 cm³/mol. The summed E-state index contributed by atoms with van der Waals surface area (Å²) < 4.78 is 6.99. The van der Waals surface area contributed by atoms with E-state index in [0.29, 0.717) is 11.2 Å². The first-order chi connectivity index (χ1) is 16.2. The summed E-state index contributed by atoms with van der Waals surface area (Å²) in [6.45, 7) is 1.88. The van der Waals surface area contributed by atoms with Gasteiger partial charge in [-0.1, -0.05) is 77.8 Å². The van der Waals surface area contributed by atoms with Crippen LogP contribution in [0.15, 0.2) is 78.9 Å². The molecular weight excluding hydrogens is 489 g/mol. The van der Waals surface area contributed by atoms with Crippen molar-refractivity contribution in [3.8, 4) is 0 Å². The van der Waals surface area contributed by atoms with Gasteiger partial charge in [-0.05, 0) is 60.2 Å². The van der Waals surface area contributed by atoms with Gasteiger partial charge in [-0.15, -0.1) is 23.5 Å². The van der Waals surface area contributed by atoms with E-state index in [9.17, 15) is 0 Å². The number of aryl methyl sites for hydroxylation is 1. The highest BCUT2D eigenvalue weighted by atomic mass is 35.5. The van der Waals surface area contributed by atoms with Crippen molar-refractivity contribution in [2.24, 2.45) is 0 Å². The molecule has 1 aliphatic rings.